The van der Waals surface area contributed by atoms with Crippen LogP contribution in [0.15, 0.2) is 42.5 Å². The van der Waals surface area contributed by atoms with Crippen LogP contribution in [0.3, 0.4) is 0 Å². The van der Waals surface area contributed by atoms with Gasteiger partial charge in [0.25, 0.3) is 0 Å². The molecule has 0 saturated carbocycles. The Morgan fingerprint density at radius 2 is 1.88 bits per heavy atom. The molecule has 1 N–H and O–H groups in total. The van der Waals surface area contributed by atoms with Crippen LogP contribution < -0.4 is 5.32 Å². The Labute approximate surface area is 105 Å². The molecule has 0 aromatic heterocycles. The summed E-state index contributed by atoms with van der Waals surface area (Å²) in [7, 11) is 0. The minimum absolute atomic E-state index is 0.616. The van der Waals surface area contributed by atoms with Gasteiger partial charge in [0.05, 0.1) is 22.0 Å². The van der Waals surface area contributed by atoms with Gasteiger partial charge in [0.2, 0.25) is 0 Å². The lowest BCUT2D eigenvalue weighted by atomic mass is 10.1. The molecule has 2 aromatic carbocycles. The maximum Gasteiger partial charge on any atom is 0.101 e. The van der Waals surface area contributed by atoms with Gasteiger partial charge in [-0.15, -0.1) is 0 Å². The van der Waals surface area contributed by atoms with Crippen molar-refractivity contribution in [3.63, 3.8) is 0 Å². The largest absolute Gasteiger partial charge is 0.353 e. The molecule has 0 heterocycles. The van der Waals surface area contributed by atoms with E-state index in [0.717, 1.165) is 16.9 Å². The van der Waals surface area contributed by atoms with Gasteiger partial charge in [-0.25, -0.2) is 0 Å². The van der Waals surface area contributed by atoms with Crippen LogP contribution in [0.4, 0.5) is 11.4 Å². The summed E-state index contributed by atoms with van der Waals surface area (Å²) in [5.41, 5.74) is 3.25. The number of nitriles is 1. The molecule has 0 unspecified atom stereocenters. The Bertz CT molecular complexity index is 585. The topological polar surface area (TPSA) is 35.8 Å². The SMILES string of the molecule is Cc1ccc(Nc2ccccc2Cl)c(C#N)c1. The normalized spacial score (nSPS) is 9.71. The predicted octanol–water partition coefficient (Wildman–Crippen LogP) is 4.26. The highest BCUT2D eigenvalue weighted by Crippen LogP contribution is 2.27. The molecule has 0 spiro atoms. The number of benzene rings is 2. The maximum absolute atomic E-state index is 9.07. The van der Waals surface area contributed by atoms with Crippen LogP contribution in [-0.4, -0.2) is 0 Å². The van der Waals surface area contributed by atoms with Crippen molar-refractivity contribution in [3.8, 4) is 6.07 Å². The average Bonchev–Trinajstić information content (AvgIpc) is 2.34. The molecule has 0 aliphatic heterocycles. The second-order valence-electron chi connectivity index (χ2n) is 3.77. The predicted molar refractivity (Wildman–Crippen MR) is 70.6 cm³/mol. The number of rotatable bonds is 2. The Morgan fingerprint density at radius 1 is 1.12 bits per heavy atom. The van der Waals surface area contributed by atoms with Gasteiger partial charge in [-0.2, -0.15) is 5.26 Å². The van der Waals surface area contributed by atoms with E-state index >= 15 is 0 Å². The molecule has 0 saturated heterocycles. The van der Waals surface area contributed by atoms with Gasteiger partial charge in [0.1, 0.15) is 6.07 Å². The summed E-state index contributed by atoms with van der Waals surface area (Å²) in [6.45, 7) is 1.96. The quantitative estimate of drug-likeness (QED) is 0.854. The van der Waals surface area contributed by atoms with E-state index in [2.05, 4.69) is 11.4 Å². The van der Waals surface area contributed by atoms with Gasteiger partial charge in [-0.05, 0) is 36.8 Å². The third-order valence-electron chi connectivity index (χ3n) is 2.44. The molecule has 0 atom stereocenters. The van der Waals surface area contributed by atoms with Crippen molar-refractivity contribution in [1.82, 2.24) is 0 Å². The summed E-state index contributed by atoms with van der Waals surface area (Å²) < 4.78 is 0. The monoisotopic (exact) mass is 242 g/mol. The number of aryl methyl sites for hydroxylation is 1. The number of hydrogen-bond acceptors (Lipinski definition) is 2. The van der Waals surface area contributed by atoms with E-state index in [9.17, 15) is 0 Å². The van der Waals surface area contributed by atoms with Crippen LogP contribution in [0.5, 0.6) is 0 Å². The van der Waals surface area contributed by atoms with E-state index in [4.69, 9.17) is 16.9 Å². The number of nitrogens with one attached hydrogen (secondary N) is 1. The number of halogens is 1. The van der Waals surface area contributed by atoms with E-state index in [-0.39, 0.29) is 0 Å². The molecule has 2 nitrogen and oxygen atoms in total. The van der Waals surface area contributed by atoms with E-state index < -0.39 is 0 Å². The van der Waals surface area contributed by atoms with E-state index in [0.29, 0.717) is 10.6 Å². The van der Waals surface area contributed by atoms with Crippen LogP contribution in [0, 0.1) is 18.3 Å². The summed E-state index contributed by atoms with van der Waals surface area (Å²) in [5, 5.41) is 12.9. The van der Waals surface area contributed by atoms with Gasteiger partial charge in [-0.3, -0.25) is 0 Å². The van der Waals surface area contributed by atoms with Crippen molar-refractivity contribution in [3.05, 3.63) is 58.6 Å². The van der Waals surface area contributed by atoms with Gasteiger partial charge in [-0.1, -0.05) is 29.8 Å². The van der Waals surface area contributed by atoms with Crippen molar-refractivity contribution >= 4 is 23.0 Å². The lowest BCUT2D eigenvalue weighted by molar-refractivity contribution is 1.40. The molecule has 0 bridgehead atoms. The van der Waals surface area contributed by atoms with Crippen molar-refractivity contribution in [1.29, 1.82) is 5.26 Å². The number of nitrogens with zero attached hydrogens (tertiary/aromatic N) is 1. The highest BCUT2D eigenvalue weighted by Gasteiger charge is 2.04. The summed E-state index contributed by atoms with van der Waals surface area (Å²) >= 11 is 6.06. The first-order chi connectivity index (χ1) is 8.20. The zero-order valence-electron chi connectivity index (χ0n) is 9.37. The Kier molecular flexibility index (Phi) is 3.32. The summed E-state index contributed by atoms with van der Waals surface area (Å²) in [6.07, 6.45) is 0. The first kappa shape index (κ1) is 11.5. The summed E-state index contributed by atoms with van der Waals surface area (Å²) in [4.78, 5) is 0. The summed E-state index contributed by atoms with van der Waals surface area (Å²) in [5.74, 6) is 0. The highest BCUT2D eigenvalue weighted by molar-refractivity contribution is 6.33. The molecule has 3 heteroatoms. The molecule has 0 radical (unpaired) electrons. The van der Waals surface area contributed by atoms with Crippen molar-refractivity contribution in [2.75, 3.05) is 5.32 Å². The third kappa shape index (κ3) is 2.58. The smallest absolute Gasteiger partial charge is 0.101 e. The van der Waals surface area contributed by atoms with Crippen LogP contribution >= 0.6 is 11.6 Å². The molecular weight excluding hydrogens is 232 g/mol. The zero-order chi connectivity index (χ0) is 12.3. The van der Waals surface area contributed by atoms with Crippen molar-refractivity contribution in [2.45, 2.75) is 6.92 Å². The first-order valence-corrected chi connectivity index (χ1v) is 5.61. The van der Waals surface area contributed by atoms with Gasteiger partial charge >= 0.3 is 0 Å². The van der Waals surface area contributed by atoms with Crippen LogP contribution in [0.2, 0.25) is 5.02 Å². The van der Waals surface area contributed by atoms with Gasteiger partial charge in [0, 0.05) is 0 Å². The third-order valence-corrected chi connectivity index (χ3v) is 2.77. The summed E-state index contributed by atoms with van der Waals surface area (Å²) in [6, 6.07) is 15.3. The minimum atomic E-state index is 0.616. The van der Waals surface area contributed by atoms with Crippen LogP contribution in [0.25, 0.3) is 0 Å². The molecule has 0 amide bonds. The van der Waals surface area contributed by atoms with E-state index in [1.54, 1.807) is 0 Å². The van der Waals surface area contributed by atoms with Crippen LogP contribution in [-0.2, 0) is 0 Å². The van der Waals surface area contributed by atoms with E-state index in [1.165, 1.54) is 0 Å². The molecule has 2 rings (SSSR count). The fourth-order valence-corrected chi connectivity index (χ4v) is 1.75. The minimum Gasteiger partial charge on any atom is -0.353 e. The molecule has 2 aromatic rings. The van der Waals surface area contributed by atoms with Crippen molar-refractivity contribution < 1.29 is 0 Å². The Morgan fingerprint density at radius 3 is 2.59 bits per heavy atom. The molecule has 0 aliphatic carbocycles. The number of para-hydroxylation sites is 1. The molecule has 84 valence electrons. The molecule has 0 aliphatic rings. The zero-order valence-corrected chi connectivity index (χ0v) is 10.1. The number of hydrogen-bond donors (Lipinski definition) is 1. The maximum atomic E-state index is 9.07. The van der Waals surface area contributed by atoms with E-state index in [1.807, 2.05) is 49.4 Å². The second-order valence-corrected chi connectivity index (χ2v) is 4.17. The lowest BCUT2D eigenvalue weighted by Gasteiger charge is -2.10. The average molecular weight is 243 g/mol. The Balaban J connectivity index is 2.37. The fraction of sp³-hybridized carbons (Fsp3) is 0.0714. The lowest BCUT2D eigenvalue weighted by Crippen LogP contribution is -1.94. The number of anilines is 2. The first-order valence-electron chi connectivity index (χ1n) is 5.23. The second kappa shape index (κ2) is 4.90. The Hall–Kier alpha value is -1.98. The standard InChI is InChI=1S/C14H11ClN2/c1-10-6-7-13(11(8-10)9-16)17-14-5-3-2-4-12(14)15/h2-8,17H,1H3. The molecular formula is C14H11ClN2. The molecule has 0 fully saturated rings. The molecule has 17 heavy (non-hydrogen) atoms. The van der Waals surface area contributed by atoms with Crippen molar-refractivity contribution in [2.24, 2.45) is 0 Å². The van der Waals surface area contributed by atoms with Gasteiger partial charge in [0.15, 0.2) is 0 Å². The van der Waals surface area contributed by atoms with Crippen LogP contribution in [0.1, 0.15) is 11.1 Å². The fourth-order valence-electron chi connectivity index (χ4n) is 1.57. The van der Waals surface area contributed by atoms with Gasteiger partial charge < -0.3 is 5.32 Å². The highest BCUT2D eigenvalue weighted by atomic mass is 35.5.